The number of aliphatic hydroxyl groups is 3. The van der Waals surface area contributed by atoms with Crippen LogP contribution in [0.2, 0.25) is 5.02 Å². The molecule has 0 saturated heterocycles. The Balaban J connectivity index is 1.83. The number of hydrogen-bond donors (Lipinski definition) is 3. The van der Waals surface area contributed by atoms with Gasteiger partial charge in [0.2, 0.25) is 0 Å². The van der Waals surface area contributed by atoms with Crippen molar-refractivity contribution in [2.45, 2.75) is 76.8 Å². The Kier molecular flexibility index (Phi) is 12.0. The molecule has 0 radical (unpaired) electrons. The monoisotopic (exact) mass is 480 g/mol. The van der Waals surface area contributed by atoms with Gasteiger partial charge in [0.05, 0.1) is 18.3 Å². The summed E-state index contributed by atoms with van der Waals surface area (Å²) in [5.41, 5.74) is 0. The minimum absolute atomic E-state index is 0.0615. The number of carbonyl (C=O) groups is 1. The lowest BCUT2D eigenvalue weighted by molar-refractivity contribution is -0.147. The Morgan fingerprint density at radius 3 is 2.70 bits per heavy atom. The molecule has 6 nitrogen and oxygen atoms in total. The molecule has 184 valence electrons. The van der Waals surface area contributed by atoms with Crippen LogP contribution < -0.4 is 4.74 Å². The third kappa shape index (κ3) is 10.3. The topological polar surface area (TPSA) is 96.2 Å². The van der Waals surface area contributed by atoms with Gasteiger partial charge in [-0.1, -0.05) is 42.0 Å². The molecule has 0 unspecified atom stereocenters. The number of esters is 1. The fraction of sp³-hybridized carbons (Fsp3) is 0.577. The van der Waals surface area contributed by atoms with Crippen molar-refractivity contribution < 1.29 is 29.6 Å². The van der Waals surface area contributed by atoms with Crippen LogP contribution in [0.1, 0.15) is 52.4 Å². The van der Waals surface area contributed by atoms with Gasteiger partial charge in [-0.2, -0.15) is 0 Å². The lowest BCUT2D eigenvalue weighted by Crippen LogP contribution is -2.40. The smallest absolute Gasteiger partial charge is 0.306 e. The highest BCUT2D eigenvalue weighted by Crippen LogP contribution is 2.34. The molecule has 0 heterocycles. The summed E-state index contributed by atoms with van der Waals surface area (Å²) < 4.78 is 10.7. The van der Waals surface area contributed by atoms with Crippen LogP contribution in [-0.2, 0) is 9.53 Å². The van der Waals surface area contributed by atoms with Crippen molar-refractivity contribution >= 4 is 17.6 Å². The summed E-state index contributed by atoms with van der Waals surface area (Å²) in [6, 6.07) is 6.96. The fourth-order valence-electron chi connectivity index (χ4n) is 3.98. The van der Waals surface area contributed by atoms with E-state index in [1.807, 2.05) is 26.0 Å². The van der Waals surface area contributed by atoms with E-state index in [0.29, 0.717) is 42.9 Å². The Bertz CT molecular complexity index is 778. The quantitative estimate of drug-likeness (QED) is 0.232. The number of carbonyl (C=O) groups excluding carboxylic acids is 1. The molecule has 0 aromatic heterocycles. The zero-order chi connectivity index (χ0) is 24.2. The standard InChI is InChI=1S/C26H37ClO6/c1-18(2)33-26(31)11-6-4-3-5-10-22-23(25(30)15-14-24(22)29)13-12-20(28)17-32-21-9-7-8-19(27)16-21/h3,5,7-9,12-13,16,18,20,22-25,28-30H,4,6,10-11,14-15,17H2,1-2H3/b5-3-,13-12+/t20-,22-,23-,24+,25-/m1/s1. The summed E-state index contributed by atoms with van der Waals surface area (Å²) in [5, 5.41) is 31.9. The minimum Gasteiger partial charge on any atom is -0.491 e. The fourth-order valence-corrected chi connectivity index (χ4v) is 4.16. The zero-order valence-corrected chi connectivity index (χ0v) is 20.2. The van der Waals surface area contributed by atoms with E-state index in [4.69, 9.17) is 21.1 Å². The molecule has 1 aliphatic rings. The van der Waals surface area contributed by atoms with Crippen LogP contribution in [0.25, 0.3) is 0 Å². The summed E-state index contributed by atoms with van der Waals surface area (Å²) in [4.78, 5) is 11.6. The van der Waals surface area contributed by atoms with E-state index in [1.54, 1.807) is 36.4 Å². The predicted molar refractivity (Wildman–Crippen MR) is 129 cm³/mol. The molecule has 0 bridgehead atoms. The maximum Gasteiger partial charge on any atom is 0.306 e. The first-order valence-corrected chi connectivity index (χ1v) is 12.1. The SMILES string of the molecule is CC(C)OC(=O)CCC/C=C\C[C@@H]1[C@@H](/C=C/[C@@H](O)COc2cccc(Cl)c2)[C@H](O)CC[C@@H]1O. The second-order valence-corrected chi connectivity index (χ2v) is 9.25. The van der Waals surface area contributed by atoms with Crippen LogP contribution in [0.3, 0.4) is 0 Å². The number of halogens is 1. The molecule has 7 heteroatoms. The highest BCUT2D eigenvalue weighted by Gasteiger charge is 2.35. The van der Waals surface area contributed by atoms with Gasteiger partial charge >= 0.3 is 5.97 Å². The average molecular weight is 481 g/mol. The van der Waals surface area contributed by atoms with Gasteiger partial charge in [-0.15, -0.1) is 0 Å². The third-order valence-electron chi connectivity index (χ3n) is 5.66. The summed E-state index contributed by atoms with van der Waals surface area (Å²) in [6.45, 7) is 3.72. The summed E-state index contributed by atoms with van der Waals surface area (Å²) in [5.74, 6) is -0.0238. The molecule has 33 heavy (non-hydrogen) atoms. The molecule has 1 fully saturated rings. The molecule has 0 amide bonds. The van der Waals surface area contributed by atoms with Crippen LogP contribution in [0.4, 0.5) is 0 Å². The van der Waals surface area contributed by atoms with Crippen molar-refractivity contribution in [2.24, 2.45) is 11.8 Å². The molecule has 5 atom stereocenters. The maximum atomic E-state index is 11.6. The Labute approximate surface area is 201 Å². The molecule has 1 aromatic carbocycles. The van der Waals surface area contributed by atoms with E-state index in [1.165, 1.54) is 0 Å². The van der Waals surface area contributed by atoms with E-state index >= 15 is 0 Å². The predicted octanol–water partition coefficient (Wildman–Crippen LogP) is 4.45. The van der Waals surface area contributed by atoms with Gasteiger partial charge in [0, 0.05) is 17.4 Å². The first-order valence-electron chi connectivity index (χ1n) is 11.7. The van der Waals surface area contributed by atoms with Crippen molar-refractivity contribution in [3.8, 4) is 5.75 Å². The number of ether oxygens (including phenoxy) is 2. The van der Waals surface area contributed by atoms with Crippen molar-refractivity contribution in [1.82, 2.24) is 0 Å². The largest absolute Gasteiger partial charge is 0.491 e. The highest BCUT2D eigenvalue weighted by atomic mass is 35.5. The average Bonchev–Trinajstić information content (AvgIpc) is 2.75. The normalized spacial score (nSPS) is 24.5. The van der Waals surface area contributed by atoms with Crippen molar-refractivity contribution in [3.63, 3.8) is 0 Å². The van der Waals surface area contributed by atoms with Crippen LogP contribution in [0.5, 0.6) is 5.75 Å². The van der Waals surface area contributed by atoms with Gasteiger partial charge in [-0.05, 0) is 70.1 Å². The lowest BCUT2D eigenvalue weighted by atomic mass is 9.73. The molecule has 1 saturated carbocycles. The van der Waals surface area contributed by atoms with Crippen LogP contribution in [-0.4, -0.2) is 52.3 Å². The van der Waals surface area contributed by atoms with Crippen LogP contribution in [0, 0.1) is 11.8 Å². The first-order chi connectivity index (χ1) is 15.8. The second kappa shape index (κ2) is 14.4. The molecular formula is C26H37ClO6. The molecular weight excluding hydrogens is 444 g/mol. The van der Waals surface area contributed by atoms with E-state index < -0.39 is 18.3 Å². The summed E-state index contributed by atoms with van der Waals surface area (Å²) >= 11 is 5.94. The first kappa shape index (κ1) is 27.4. The third-order valence-corrected chi connectivity index (χ3v) is 5.89. The van der Waals surface area contributed by atoms with Crippen molar-refractivity contribution in [3.05, 3.63) is 53.6 Å². The van der Waals surface area contributed by atoms with Crippen molar-refractivity contribution in [1.29, 1.82) is 0 Å². The number of allylic oxidation sites excluding steroid dienone is 2. The Hall–Kier alpha value is -1.86. The molecule has 1 aliphatic carbocycles. The number of unbranched alkanes of at least 4 members (excludes halogenated alkanes) is 1. The van der Waals surface area contributed by atoms with Gasteiger partial charge < -0.3 is 24.8 Å². The van der Waals surface area contributed by atoms with Gasteiger partial charge in [-0.25, -0.2) is 0 Å². The molecule has 3 N–H and O–H groups in total. The Morgan fingerprint density at radius 1 is 1.21 bits per heavy atom. The Morgan fingerprint density at radius 2 is 1.97 bits per heavy atom. The molecule has 0 aliphatic heterocycles. The number of rotatable bonds is 12. The molecule has 2 rings (SSSR count). The highest BCUT2D eigenvalue weighted by molar-refractivity contribution is 6.30. The van der Waals surface area contributed by atoms with Crippen molar-refractivity contribution in [2.75, 3.05) is 6.61 Å². The number of benzene rings is 1. The van der Waals surface area contributed by atoms with Gasteiger partial charge in [0.25, 0.3) is 0 Å². The molecule has 0 spiro atoms. The minimum atomic E-state index is -0.850. The van der Waals surface area contributed by atoms with Gasteiger partial charge in [0.1, 0.15) is 18.5 Å². The zero-order valence-electron chi connectivity index (χ0n) is 19.5. The number of hydrogen-bond acceptors (Lipinski definition) is 6. The van der Waals surface area contributed by atoms with Crippen LogP contribution in [0.15, 0.2) is 48.6 Å². The van der Waals surface area contributed by atoms with Crippen LogP contribution >= 0.6 is 11.6 Å². The van der Waals surface area contributed by atoms with Gasteiger partial charge in [-0.3, -0.25) is 4.79 Å². The van der Waals surface area contributed by atoms with E-state index in [9.17, 15) is 20.1 Å². The summed E-state index contributed by atoms with van der Waals surface area (Å²) in [6.07, 6.45) is 8.89. The van der Waals surface area contributed by atoms with Gasteiger partial charge in [0.15, 0.2) is 0 Å². The lowest BCUT2D eigenvalue weighted by Gasteiger charge is -2.37. The molecule has 1 aromatic rings. The second-order valence-electron chi connectivity index (χ2n) is 8.81. The van der Waals surface area contributed by atoms with E-state index in [-0.39, 0.29) is 30.5 Å². The number of aliphatic hydroxyl groups excluding tert-OH is 3. The van der Waals surface area contributed by atoms with E-state index in [2.05, 4.69) is 0 Å². The summed E-state index contributed by atoms with van der Waals surface area (Å²) in [7, 11) is 0. The maximum absolute atomic E-state index is 11.6. The van der Waals surface area contributed by atoms with E-state index in [0.717, 1.165) is 6.42 Å².